The molecule has 1 aliphatic rings. The first-order valence-corrected chi connectivity index (χ1v) is 12.5. The normalized spacial score (nSPS) is 12.8. The van der Waals surface area contributed by atoms with Crippen LogP contribution in [0.5, 0.6) is 5.75 Å². The number of hydrogen-bond donors (Lipinski definition) is 0. The summed E-state index contributed by atoms with van der Waals surface area (Å²) < 4.78 is 15.1. The molecule has 3 aromatic heterocycles. The quantitative estimate of drug-likeness (QED) is 0.281. The number of fused-ring (bicyclic) bond motifs is 2. The molecule has 1 aliphatic heterocycles. The number of aliphatic imine (C=N–C) groups is 1. The average molecular weight is 540 g/mol. The molecule has 0 fully saturated rings. The molecule has 0 spiro atoms. The van der Waals surface area contributed by atoms with Gasteiger partial charge in [-0.2, -0.15) is 4.98 Å². The number of halogens is 1. The Kier molecular flexibility index (Phi) is 6.76. The summed E-state index contributed by atoms with van der Waals surface area (Å²) >= 11 is 3.46. The van der Waals surface area contributed by atoms with E-state index in [1.807, 2.05) is 28.8 Å². The molecule has 182 valence electrons. The average Bonchev–Trinajstić information content (AvgIpc) is 3.58. The van der Waals surface area contributed by atoms with Gasteiger partial charge in [-0.25, -0.2) is 9.39 Å². The summed E-state index contributed by atoms with van der Waals surface area (Å²) in [6.07, 6.45) is 5.10. The van der Waals surface area contributed by atoms with E-state index >= 15 is 0 Å². The third kappa shape index (κ3) is 4.77. The summed E-state index contributed by atoms with van der Waals surface area (Å²) in [5, 5.41) is 12.8. The molecule has 0 unspecified atom stereocenters. The van der Waals surface area contributed by atoms with Gasteiger partial charge in [-0.15, -0.1) is 10.2 Å². The van der Waals surface area contributed by atoms with Crippen molar-refractivity contribution in [3.63, 3.8) is 0 Å². The number of rotatable bonds is 10. The lowest BCUT2D eigenvalue weighted by Crippen LogP contribution is -2.24. The summed E-state index contributed by atoms with van der Waals surface area (Å²) in [5.41, 5.74) is 1.58. The molecule has 0 radical (unpaired) electrons. The van der Waals surface area contributed by atoms with Crippen molar-refractivity contribution in [2.45, 2.75) is 58.4 Å². The molecule has 4 aromatic rings. The van der Waals surface area contributed by atoms with Crippen LogP contribution in [0.15, 0.2) is 38.6 Å². The number of nitrogens with zero attached hydrogens (tertiary/aromatic N) is 7. The van der Waals surface area contributed by atoms with Gasteiger partial charge in [0.05, 0.1) is 17.3 Å². The van der Waals surface area contributed by atoms with Gasteiger partial charge in [0.25, 0.3) is 5.56 Å². The molecule has 5 rings (SSSR count). The fraction of sp³-hybridized carbons (Fsp3) is 0.417. The van der Waals surface area contributed by atoms with Gasteiger partial charge >= 0.3 is 0 Å². The second-order valence-corrected chi connectivity index (χ2v) is 9.43. The van der Waals surface area contributed by atoms with Gasteiger partial charge in [0, 0.05) is 32.2 Å². The maximum absolute atomic E-state index is 13.3. The monoisotopic (exact) mass is 539 g/mol. The van der Waals surface area contributed by atoms with Crippen LogP contribution in [0.3, 0.4) is 0 Å². The number of aryl methyl sites for hydroxylation is 3. The second kappa shape index (κ2) is 10.1. The molecule has 10 nitrogen and oxygen atoms in total. The molecular weight excluding hydrogens is 514 g/mol. The van der Waals surface area contributed by atoms with E-state index in [1.54, 1.807) is 11.5 Å². The highest BCUT2D eigenvalue weighted by molar-refractivity contribution is 9.18. The minimum Gasteiger partial charge on any atom is -0.497 e. The summed E-state index contributed by atoms with van der Waals surface area (Å²) in [4.78, 5) is 22.4. The van der Waals surface area contributed by atoms with Crippen LogP contribution >= 0.6 is 15.9 Å². The first-order valence-electron chi connectivity index (χ1n) is 11.7. The Hall–Kier alpha value is -3.34. The Bertz CT molecular complexity index is 1450. The van der Waals surface area contributed by atoms with E-state index in [4.69, 9.17) is 9.26 Å². The zero-order valence-corrected chi connectivity index (χ0v) is 21.3. The van der Waals surface area contributed by atoms with Crippen molar-refractivity contribution >= 4 is 32.1 Å². The van der Waals surface area contributed by atoms with E-state index in [1.165, 1.54) is 0 Å². The van der Waals surface area contributed by atoms with Gasteiger partial charge in [-0.05, 0) is 40.0 Å². The molecule has 0 amide bonds. The molecular formula is C24H26BrN7O3. The van der Waals surface area contributed by atoms with Crippen LogP contribution < -0.4 is 10.3 Å². The van der Waals surface area contributed by atoms with Crippen molar-refractivity contribution in [1.29, 1.82) is 0 Å². The van der Waals surface area contributed by atoms with Crippen LogP contribution in [0.4, 0.5) is 5.82 Å². The van der Waals surface area contributed by atoms with Gasteiger partial charge < -0.3 is 9.26 Å². The predicted molar refractivity (Wildman–Crippen MR) is 134 cm³/mol. The van der Waals surface area contributed by atoms with Crippen molar-refractivity contribution in [2.24, 2.45) is 4.99 Å². The Labute approximate surface area is 210 Å². The van der Waals surface area contributed by atoms with Crippen LogP contribution in [0.2, 0.25) is 0 Å². The summed E-state index contributed by atoms with van der Waals surface area (Å²) in [6, 6.07) is 7.77. The first-order chi connectivity index (χ1) is 17.1. The largest absolute Gasteiger partial charge is 0.497 e. The van der Waals surface area contributed by atoms with E-state index in [0.29, 0.717) is 60.4 Å². The summed E-state index contributed by atoms with van der Waals surface area (Å²) in [5.74, 6) is 3.66. The summed E-state index contributed by atoms with van der Waals surface area (Å²) in [7, 11) is 1.64. The highest BCUT2D eigenvalue weighted by atomic mass is 79.9. The van der Waals surface area contributed by atoms with Gasteiger partial charge in [-0.3, -0.25) is 9.36 Å². The molecule has 35 heavy (non-hydrogen) atoms. The Morgan fingerprint density at radius 1 is 1.20 bits per heavy atom. The smallest absolute Gasteiger partial charge is 0.266 e. The first kappa shape index (κ1) is 23.4. The SMILES string of the molecule is CCCCCn1c2c(c(=O)n3c(CCc4nc(Cc5cccc(OC)c5)no4)nnc13)CC(Br)=N2. The van der Waals surface area contributed by atoms with Crippen molar-refractivity contribution in [1.82, 2.24) is 29.3 Å². The Morgan fingerprint density at radius 3 is 2.91 bits per heavy atom. The van der Waals surface area contributed by atoms with E-state index in [-0.39, 0.29) is 5.56 Å². The lowest BCUT2D eigenvalue weighted by molar-refractivity contribution is 0.373. The third-order valence-corrected chi connectivity index (χ3v) is 6.50. The van der Waals surface area contributed by atoms with E-state index in [0.717, 1.165) is 41.7 Å². The van der Waals surface area contributed by atoms with Crippen molar-refractivity contribution in [3.05, 3.63) is 63.3 Å². The van der Waals surface area contributed by atoms with Crippen LogP contribution in [-0.4, -0.2) is 41.0 Å². The standard InChI is InChI=1S/C24H26BrN7O3/c1-3-4-5-11-31-22-17(14-18(25)26-22)23(33)32-20(28-29-24(31)32)9-10-21-27-19(30-35-21)13-15-7-6-8-16(12-15)34-2/h6-8,12H,3-5,9-11,13-14H2,1-2H3. The predicted octanol–water partition coefficient (Wildman–Crippen LogP) is 3.83. The number of benzene rings is 1. The highest BCUT2D eigenvalue weighted by Crippen LogP contribution is 2.28. The zero-order chi connectivity index (χ0) is 24.4. The number of ether oxygens (including phenoxy) is 1. The molecule has 0 aliphatic carbocycles. The minimum absolute atomic E-state index is 0.121. The number of aromatic nitrogens is 6. The number of hydrogen-bond acceptors (Lipinski definition) is 8. The number of methoxy groups -OCH3 is 1. The third-order valence-electron chi connectivity index (χ3n) is 6.05. The highest BCUT2D eigenvalue weighted by Gasteiger charge is 2.25. The van der Waals surface area contributed by atoms with Crippen LogP contribution in [0.25, 0.3) is 5.78 Å². The summed E-state index contributed by atoms with van der Waals surface area (Å²) in [6.45, 7) is 2.90. The van der Waals surface area contributed by atoms with Crippen molar-refractivity contribution in [3.8, 4) is 5.75 Å². The molecule has 0 N–H and O–H groups in total. The molecule has 0 atom stereocenters. The Balaban J connectivity index is 1.37. The van der Waals surface area contributed by atoms with Crippen LogP contribution in [0, 0.1) is 0 Å². The van der Waals surface area contributed by atoms with E-state index < -0.39 is 0 Å². The van der Waals surface area contributed by atoms with Gasteiger partial charge in [-0.1, -0.05) is 37.1 Å². The maximum atomic E-state index is 13.3. The minimum atomic E-state index is -0.121. The molecule has 11 heteroatoms. The van der Waals surface area contributed by atoms with Crippen molar-refractivity contribution in [2.75, 3.05) is 7.11 Å². The topological polar surface area (TPSA) is 113 Å². The Morgan fingerprint density at radius 2 is 2.09 bits per heavy atom. The van der Waals surface area contributed by atoms with Gasteiger partial charge in [0.1, 0.15) is 17.4 Å². The maximum Gasteiger partial charge on any atom is 0.266 e. The molecule has 0 saturated carbocycles. The number of unbranched alkanes of at least 4 members (excludes halogenated alkanes) is 2. The second-order valence-electron chi connectivity index (χ2n) is 8.52. The molecule has 0 saturated heterocycles. The molecule has 0 bridgehead atoms. The molecule has 1 aromatic carbocycles. The van der Waals surface area contributed by atoms with E-state index in [2.05, 4.69) is 48.2 Å². The fourth-order valence-electron chi connectivity index (χ4n) is 4.30. The lowest BCUT2D eigenvalue weighted by Gasteiger charge is -2.12. The molecule has 4 heterocycles. The fourth-order valence-corrected chi connectivity index (χ4v) is 4.74. The van der Waals surface area contributed by atoms with E-state index in [9.17, 15) is 4.79 Å². The van der Waals surface area contributed by atoms with Gasteiger partial charge in [0.2, 0.25) is 11.7 Å². The van der Waals surface area contributed by atoms with Crippen molar-refractivity contribution < 1.29 is 9.26 Å². The zero-order valence-electron chi connectivity index (χ0n) is 19.7. The lowest BCUT2D eigenvalue weighted by atomic mass is 10.1. The van der Waals surface area contributed by atoms with Gasteiger partial charge in [0.15, 0.2) is 5.82 Å². The van der Waals surface area contributed by atoms with Crippen LogP contribution in [-0.2, 0) is 32.2 Å². The van der Waals surface area contributed by atoms with Crippen LogP contribution in [0.1, 0.15) is 54.9 Å².